The van der Waals surface area contributed by atoms with Crippen LogP contribution in [-0.4, -0.2) is 70.5 Å². The molecule has 0 spiro atoms. The van der Waals surface area contributed by atoms with E-state index in [1.165, 1.54) is 0 Å². The zero-order valence-electron chi connectivity index (χ0n) is 15.1. The highest BCUT2D eigenvalue weighted by Gasteiger charge is 2.95. The number of hydrazone groups is 1. The molecule has 0 saturated heterocycles. The second kappa shape index (κ2) is 8.54. The molecule has 1 aliphatic rings. The largest absolute Gasteiger partial charge is 0.460 e. The Morgan fingerprint density at radius 1 is 0.647 bits per heavy atom. The Labute approximate surface area is 184 Å². The highest BCUT2D eigenvalue weighted by atomic mass is 79.9. The molecule has 0 radical (unpaired) electrons. The van der Waals surface area contributed by atoms with E-state index in [1.54, 1.807) is 0 Å². The predicted molar refractivity (Wildman–Crippen MR) is 78.8 cm³/mol. The second-order valence-corrected chi connectivity index (χ2v) is 7.33. The van der Waals surface area contributed by atoms with Crippen LogP contribution in [0, 0.1) is 0 Å². The fourth-order valence-corrected chi connectivity index (χ4v) is 2.13. The number of allylic oxidation sites excluding steroid dienone is 1. The van der Waals surface area contributed by atoms with Gasteiger partial charge >= 0.3 is 47.6 Å². The second-order valence-electron chi connectivity index (χ2n) is 6.28. The lowest BCUT2D eigenvalue weighted by molar-refractivity contribution is -0.463. The molecule has 21 heteroatoms. The minimum absolute atomic E-state index is 0.148. The van der Waals surface area contributed by atoms with Crippen LogP contribution in [0.3, 0.4) is 0 Å². The van der Waals surface area contributed by atoms with Crippen molar-refractivity contribution in [3.8, 4) is 0 Å². The average molecular weight is 609 g/mol. The number of hydroxylamine groups is 1. The number of nitrogens with zero attached hydrogens (tertiary/aromatic N) is 2. The molecule has 1 atom stereocenters. The van der Waals surface area contributed by atoms with Crippen LogP contribution in [0.25, 0.3) is 0 Å². The summed E-state index contributed by atoms with van der Waals surface area (Å²) in [5.74, 6) is -56.8. The summed E-state index contributed by atoms with van der Waals surface area (Å²) in [4.78, 5) is 3.07. The maximum Gasteiger partial charge on any atom is 0.460 e. The maximum atomic E-state index is 13.6. The lowest BCUT2D eigenvalue weighted by Gasteiger charge is -2.42. The summed E-state index contributed by atoms with van der Waals surface area (Å²) in [6.07, 6.45) is -5.45. The van der Waals surface area contributed by atoms with Gasteiger partial charge in [-0.2, -0.15) is 79.7 Å². The topological polar surface area (TPSA) is 24.8 Å². The van der Waals surface area contributed by atoms with E-state index < -0.39 is 59.1 Å². The highest BCUT2D eigenvalue weighted by molar-refractivity contribution is 9.10. The van der Waals surface area contributed by atoms with Crippen LogP contribution >= 0.6 is 15.9 Å². The molecule has 0 saturated carbocycles. The average Bonchev–Trinajstić information content (AvgIpc) is 2.65. The Balaban J connectivity index is 3.39. The molecule has 0 bridgehead atoms. The van der Waals surface area contributed by atoms with Crippen molar-refractivity contribution in [1.82, 2.24) is 5.17 Å². The molecular weight excluding hydrogens is 603 g/mol. The number of hydrogen-bond donors (Lipinski definition) is 0. The quantitative estimate of drug-likeness (QED) is 0.220. The van der Waals surface area contributed by atoms with E-state index in [0.29, 0.717) is 6.20 Å². The van der Waals surface area contributed by atoms with Gasteiger partial charge in [0, 0.05) is 6.21 Å². The first-order valence-corrected chi connectivity index (χ1v) is 8.64. The van der Waals surface area contributed by atoms with Crippen LogP contribution in [0.2, 0.25) is 0 Å². The first-order chi connectivity index (χ1) is 14.7. The van der Waals surface area contributed by atoms with Gasteiger partial charge in [-0.15, -0.1) is 5.17 Å². The van der Waals surface area contributed by atoms with Crippen LogP contribution in [-0.2, 0) is 4.84 Å². The van der Waals surface area contributed by atoms with Gasteiger partial charge in [0.2, 0.25) is 0 Å². The molecule has 0 aliphatic carbocycles. The van der Waals surface area contributed by atoms with Crippen LogP contribution in [0.5, 0.6) is 0 Å². The summed E-state index contributed by atoms with van der Waals surface area (Å²) in [5, 5.41) is 2.91. The van der Waals surface area contributed by atoms with Crippen molar-refractivity contribution < 1.29 is 79.5 Å². The Hall–Kier alpha value is -1.54. The van der Waals surface area contributed by atoms with Crippen molar-refractivity contribution in [2.24, 2.45) is 5.10 Å². The minimum Gasteiger partial charge on any atom is -0.246 e. The molecule has 3 nitrogen and oxygen atoms in total. The molecule has 0 aromatic rings. The molecular formula is C13H6BrF17N2O. The van der Waals surface area contributed by atoms with Crippen molar-refractivity contribution in [3.05, 3.63) is 12.3 Å². The van der Waals surface area contributed by atoms with Crippen molar-refractivity contribution in [2.45, 2.75) is 52.5 Å². The predicted octanol–water partition coefficient (Wildman–Crippen LogP) is 6.51. The monoisotopic (exact) mass is 608 g/mol. The van der Waals surface area contributed by atoms with E-state index in [0.717, 1.165) is 12.3 Å². The third-order valence-electron chi connectivity index (χ3n) is 3.89. The SMILES string of the molecule is FC(F)(F)C(F)(F)C(F)(F)C(F)(F)C(F)(F)C(F)(F)C(F)(F)C(F)(F)CON1C=CC(Br)C=N1. The molecule has 0 N–H and O–H groups in total. The molecule has 0 amide bonds. The van der Waals surface area contributed by atoms with Crippen LogP contribution in [0.1, 0.15) is 0 Å². The van der Waals surface area contributed by atoms with Crippen molar-refractivity contribution in [3.63, 3.8) is 0 Å². The summed E-state index contributed by atoms with van der Waals surface area (Å²) < 4.78 is 223. The molecule has 1 unspecified atom stereocenters. The van der Waals surface area contributed by atoms with E-state index in [-0.39, 0.29) is 5.17 Å². The highest BCUT2D eigenvalue weighted by Crippen LogP contribution is 2.63. The summed E-state index contributed by atoms with van der Waals surface area (Å²) >= 11 is 2.82. The van der Waals surface area contributed by atoms with Gasteiger partial charge in [-0.3, -0.25) is 0 Å². The van der Waals surface area contributed by atoms with Crippen molar-refractivity contribution >= 4 is 22.1 Å². The van der Waals surface area contributed by atoms with Gasteiger partial charge in [0.05, 0.1) is 11.0 Å². The van der Waals surface area contributed by atoms with Gasteiger partial charge in [0.1, 0.15) is 6.61 Å². The van der Waals surface area contributed by atoms with E-state index in [9.17, 15) is 74.6 Å². The van der Waals surface area contributed by atoms with Gasteiger partial charge in [-0.25, -0.2) is 4.84 Å². The molecule has 1 aliphatic heterocycles. The third kappa shape index (κ3) is 4.41. The van der Waals surface area contributed by atoms with Crippen molar-refractivity contribution in [1.29, 1.82) is 0 Å². The summed E-state index contributed by atoms with van der Waals surface area (Å²) in [5.41, 5.74) is 0. The number of halogens is 18. The van der Waals surface area contributed by atoms with Crippen LogP contribution in [0.4, 0.5) is 74.6 Å². The Bertz CT molecular complexity index is 792. The maximum absolute atomic E-state index is 13.6. The number of hydrogen-bond acceptors (Lipinski definition) is 3. The lowest BCUT2D eigenvalue weighted by atomic mass is 9.89. The Morgan fingerprint density at radius 2 is 1.03 bits per heavy atom. The van der Waals surface area contributed by atoms with Gasteiger partial charge in [0.25, 0.3) is 0 Å². The van der Waals surface area contributed by atoms with E-state index >= 15 is 0 Å². The molecule has 0 aromatic carbocycles. The Kier molecular flexibility index (Phi) is 7.66. The summed E-state index contributed by atoms with van der Waals surface area (Å²) in [7, 11) is 0. The van der Waals surface area contributed by atoms with Gasteiger partial charge in [-0.05, 0) is 6.08 Å². The van der Waals surface area contributed by atoms with Crippen molar-refractivity contribution in [2.75, 3.05) is 6.61 Å². The van der Waals surface area contributed by atoms with Gasteiger partial charge < -0.3 is 0 Å². The summed E-state index contributed by atoms with van der Waals surface area (Å²) in [6, 6.07) is 0. The van der Waals surface area contributed by atoms with Gasteiger partial charge in [0.15, 0.2) is 0 Å². The van der Waals surface area contributed by atoms with Crippen LogP contribution in [0.15, 0.2) is 17.4 Å². The molecule has 1 rings (SSSR count). The van der Waals surface area contributed by atoms with E-state index in [1.807, 2.05) is 0 Å². The third-order valence-corrected chi connectivity index (χ3v) is 4.43. The van der Waals surface area contributed by atoms with E-state index in [4.69, 9.17) is 0 Å². The standard InChI is InChI=1S/C13H6BrF17N2O/c14-5-1-2-33(32-3-5)34-4-6(15,16)7(17,18)8(19,20)9(21,22)10(23,24)11(25,26)12(27,28)13(29,30)31/h1-3,5H,4H2. The summed E-state index contributed by atoms with van der Waals surface area (Å²) in [6.45, 7) is -3.07. The smallest absolute Gasteiger partial charge is 0.246 e. The van der Waals surface area contributed by atoms with Gasteiger partial charge in [-0.1, -0.05) is 15.9 Å². The number of rotatable bonds is 9. The minimum atomic E-state index is -8.66. The zero-order chi connectivity index (χ0) is 27.4. The fraction of sp³-hybridized carbons (Fsp3) is 0.769. The normalized spacial score (nSPS) is 19.7. The molecule has 0 fully saturated rings. The Morgan fingerprint density at radius 3 is 1.38 bits per heavy atom. The van der Waals surface area contributed by atoms with E-state index in [2.05, 4.69) is 25.9 Å². The first-order valence-electron chi connectivity index (χ1n) is 7.72. The molecule has 34 heavy (non-hydrogen) atoms. The molecule has 200 valence electrons. The number of alkyl halides is 18. The zero-order valence-corrected chi connectivity index (χ0v) is 16.7. The molecule has 0 aromatic heterocycles. The van der Waals surface area contributed by atoms with Crippen LogP contribution < -0.4 is 0 Å². The first kappa shape index (κ1) is 30.5. The molecule has 1 heterocycles. The fourth-order valence-electron chi connectivity index (χ4n) is 1.88. The lowest BCUT2D eigenvalue weighted by Crippen LogP contribution is -2.74.